The Balaban J connectivity index is 5.45. The van der Waals surface area contributed by atoms with Gasteiger partial charge in [0.2, 0.25) is 0 Å². The quantitative estimate of drug-likeness (QED) is 0.325. The second kappa shape index (κ2) is 8.50. The molecule has 0 spiro atoms. The smallest absolute Gasteiger partial charge is 0.333 e. The van der Waals surface area contributed by atoms with Crippen molar-refractivity contribution in [3.05, 3.63) is 36.1 Å². The van der Waals surface area contributed by atoms with Crippen molar-refractivity contribution in [1.82, 2.24) is 0 Å². The molecule has 4 nitrogen and oxygen atoms in total. The largest absolute Gasteiger partial charge is 0.457 e. The van der Waals surface area contributed by atoms with Crippen molar-refractivity contribution in [2.75, 3.05) is 0 Å². The van der Waals surface area contributed by atoms with E-state index in [0.29, 0.717) is 5.70 Å². The molecule has 0 aliphatic carbocycles. The molecule has 0 saturated heterocycles. The van der Waals surface area contributed by atoms with Gasteiger partial charge in [0, 0.05) is 6.08 Å². The Morgan fingerprint density at radius 2 is 1.70 bits per heavy atom. The zero-order valence-electron chi connectivity index (χ0n) is 15.9. The maximum atomic E-state index is 12.0. The summed E-state index contributed by atoms with van der Waals surface area (Å²) in [6.45, 7) is 15.7. The van der Waals surface area contributed by atoms with Crippen LogP contribution in [0.25, 0.3) is 0 Å². The average Bonchev–Trinajstić information content (AvgIpc) is 2.30. The fourth-order valence-corrected chi connectivity index (χ4v) is 3.34. The molecule has 23 heavy (non-hydrogen) atoms. The van der Waals surface area contributed by atoms with Crippen LogP contribution in [0.15, 0.2) is 36.1 Å². The Morgan fingerprint density at radius 1 is 1.13 bits per heavy atom. The van der Waals surface area contributed by atoms with Crippen LogP contribution in [0.4, 0.5) is 0 Å². The topological polar surface area (TPSA) is 61.5 Å². The van der Waals surface area contributed by atoms with Crippen LogP contribution in [0.3, 0.4) is 0 Å². The van der Waals surface area contributed by atoms with Crippen LogP contribution in [0, 0.1) is 0 Å². The molecular formula is C18H33NO3Si. The molecule has 0 aromatic heterocycles. The maximum Gasteiger partial charge on any atom is 0.333 e. The molecule has 1 unspecified atom stereocenters. The lowest BCUT2D eigenvalue weighted by atomic mass is 10.0. The first-order valence-corrected chi connectivity index (χ1v) is 11.4. The number of carbonyl (C=O) groups is 1. The average molecular weight is 340 g/mol. The second-order valence-corrected chi connectivity index (χ2v) is 12.1. The number of esters is 1. The van der Waals surface area contributed by atoms with Crippen molar-refractivity contribution in [2.45, 2.75) is 71.9 Å². The van der Waals surface area contributed by atoms with E-state index in [1.54, 1.807) is 0 Å². The van der Waals surface area contributed by atoms with Gasteiger partial charge in [0.05, 0.1) is 5.70 Å². The monoisotopic (exact) mass is 339 g/mol. The lowest BCUT2D eigenvalue weighted by molar-refractivity contribution is -0.148. The van der Waals surface area contributed by atoms with Crippen LogP contribution in [-0.4, -0.2) is 25.5 Å². The molecule has 0 heterocycles. The van der Waals surface area contributed by atoms with Gasteiger partial charge in [-0.3, -0.25) is 0 Å². The molecule has 0 saturated carbocycles. The Bertz CT molecular complexity index is 481. The second-order valence-electron chi connectivity index (χ2n) is 7.65. The zero-order valence-corrected chi connectivity index (χ0v) is 16.9. The molecule has 0 bridgehead atoms. The molecule has 0 aromatic carbocycles. The molecule has 1 atom stereocenters. The van der Waals surface area contributed by atoms with Crippen LogP contribution in [-0.2, 0) is 14.0 Å². The minimum Gasteiger partial charge on any atom is -0.457 e. The highest BCUT2D eigenvalue weighted by Gasteiger charge is 2.32. The number of rotatable bonds is 7. The first-order chi connectivity index (χ1) is 10.3. The summed E-state index contributed by atoms with van der Waals surface area (Å²) in [5.74, 6) is -0.460. The SMILES string of the molecule is CC/C=C/C=C\C(C)(O[Si](C)(C)C)/C(N)=C/C(=O)OC(C)(C)C. The molecular weight excluding hydrogens is 306 g/mol. The molecule has 132 valence electrons. The summed E-state index contributed by atoms with van der Waals surface area (Å²) in [5.41, 5.74) is 5.13. The lowest BCUT2D eigenvalue weighted by Crippen LogP contribution is -2.43. The molecule has 0 aliphatic rings. The summed E-state index contributed by atoms with van der Waals surface area (Å²) in [6, 6.07) is 0. The van der Waals surface area contributed by atoms with E-state index < -0.39 is 25.5 Å². The number of hydrogen-bond donors (Lipinski definition) is 1. The van der Waals surface area contributed by atoms with Gasteiger partial charge in [0.15, 0.2) is 8.32 Å². The van der Waals surface area contributed by atoms with E-state index in [1.807, 2.05) is 52.0 Å². The molecule has 0 amide bonds. The van der Waals surface area contributed by atoms with Gasteiger partial charge in [-0.15, -0.1) is 0 Å². The van der Waals surface area contributed by atoms with E-state index >= 15 is 0 Å². The van der Waals surface area contributed by atoms with E-state index in [2.05, 4.69) is 26.6 Å². The third-order valence-electron chi connectivity index (χ3n) is 2.67. The molecule has 0 radical (unpaired) electrons. The van der Waals surface area contributed by atoms with E-state index in [1.165, 1.54) is 6.08 Å². The van der Waals surface area contributed by atoms with Gasteiger partial charge >= 0.3 is 5.97 Å². The molecule has 0 rings (SSSR count). The summed E-state index contributed by atoms with van der Waals surface area (Å²) in [4.78, 5) is 12.0. The van der Waals surface area contributed by atoms with Crippen LogP contribution >= 0.6 is 0 Å². The van der Waals surface area contributed by atoms with Gasteiger partial charge in [-0.05, 0) is 59.8 Å². The van der Waals surface area contributed by atoms with E-state index in [4.69, 9.17) is 14.9 Å². The van der Waals surface area contributed by atoms with E-state index in [9.17, 15) is 4.79 Å². The lowest BCUT2D eigenvalue weighted by Gasteiger charge is -2.34. The standard InChI is InChI=1S/C18H33NO3Si/c1-9-10-11-12-13-18(5,22-23(6,7)8)15(19)14-16(20)21-17(2,3)4/h10-14H,9,19H2,1-8H3/b11-10+,13-12-,15-14-. The molecule has 0 aromatic rings. The van der Waals surface area contributed by atoms with Crippen molar-refractivity contribution in [1.29, 1.82) is 0 Å². The van der Waals surface area contributed by atoms with Crippen molar-refractivity contribution < 1.29 is 14.0 Å². The molecule has 0 fully saturated rings. The Labute approximate surface area is 142 Å². The van der Waals surface area contributed by atoms with Crippen molar-refractivity contribution in [2.24, 2.45) is 5.73 Å². The van der Waals surface area contributed by atoms with E-state index in [-0.39, 0.29) is 0 Å². The van der Waals surface area contributed by atoms with Gasteiger partial charge in [0.1, 0.15) is 11.2 Å². The van der Waals surface area contributed by atoms with Crippen molar-refractivity contribution in [3.63, 3.8) is 0 Å². The summed E-state index contributed by atoms with van der Waals surface area (Å²) in [6.07, 6.45) is 10.1. The van der Waals surface area contributed by atoms with Crippen LogP contribution in [0.5, 0.6) is 0 Å². The van der Waals surface area contributed by atoms with Gasteiger partial charge in [-0.25, -0.2) is 4.79 Å². The fourth-order valence-electron chi connectivity index (χ4n) is 1.88. The third kappa shape index (κ3) is 10.1. The predicted molar refractivity (Wildman–Crippen MR) is 99.5 cm³/mol. The van der Waals surface area contributed by atoms with Crippen LogP contribution in [0.2, 0.25) is 19.6 Å². The van der Waals surface area contributed by atoms with Gasteiger partial charge < -0.3 is 14.9 Å². The zero-order chi connectivity index (χ0) is 18.3. The summed E-state index contributed by atoms with van der Waals surface area (Å²) in [5, 5.41) is 0. The fraction of sp³-hybridized carbons (Fsp3) is 0.611. The minimum absolute atomic E-state index is 0.343. The molecule has 2 N–H and O–H groups in total. The van der Waals surface area contributed by atoms with Crippen LogP contribution < -0.4 is 5.73 Å². The third-order valence-corrected chi connectivity index (χ3v) is 3.71. The van der Waals surface area contributed by atoms with Crippen molar-refractivity contribution in [3.8, 4) is 0 Å². The number of allylic oxidation sites excluding steroid dienone is 3. The normalized spacial score (nSPS) is 16.8. The summed E-state index contributed by atoms with van der Waals surface area (Å²) >= 11 is 0. The highest BCUT2D eigenvalue weighted by Crippen LogP contribution is 2.25. The number of carbonyl (C=O) groups excluding carboxylic acids is 1. The molecule has 0 aliphatic heterocycles. The van der Waals surface area contributed by atoms with E-state index in [0.717, 1.165) is 6.42 Å². The minimum atomic E-state index is -1.87. The first-order valence-electron chi connectivity index (χ1n) is 8.04. The first kappa shape index (κ1) is 21.7. The number of nitrogens with two attached hydrogens (primary N) is 1. The molecule has 5 heteroatoms. The van der Waals surface area contributed by atoms with Crippen molar-refractivity contribution >= 4 is 14.3 Å². The number of ether oxygens (including phenoxy) is 1. The maximum absolute atomic E-state index is 12.0. The van der Waals surface area contributed by atoms with Gasteiger partial charge in [0.25, 0.3) is 0 Å². The van der Waals surface area contributed by atoms with Gasteiger partial charge in [-0.1, -0.05) is 25.2 Å². The highest BCUT2D eigenvalue weighted by atomic mass is 28.4. The van der Waals surface area contributed by atoms with Gasteiger partial charge in [-0.2, -0.15) is 0 Å². The van der Waals surface area contributed by atoms with Crippen LogP contribution in [0.1, 0.15) is 41.0 Å². The Kier molecular flexibility index (Phi) is 8.01. The highest BCUT2D eigenvalue weighted by molar-refractivity contribution is 6.69. The summed E-state index contributed by atoms with van der Waals surface area (Å²) < 4.78 is 11.5. The Morgan fingerprint density at radius 3 is 2.13 bits per heavy atom. The predicted octanol–water partition coefficient (Wildman–Crippen LogP) is 4.30. The Hall–Kier alpha value is -1.33. The number of hydrogen-bond acceptors (Lipinski definition) is 4. The summed E-state index contributed by atoms with van der Waals surface area (Å²) in [7, 11) is -1.87.